The molecule has 0 saturated heterocycles. The second-order valence-electron chi connectivity index (χ2n) is 4.09. The van der Waals surface area contributed by atoms with Gasteiger partial charge >= 0.3 is 5.65 Å². The summed E-state index contributed by atoms with van der Waals surface area (Å²) in [5, 5.41) is 0. The van der Waals surface area contributed by atoms with Gasteiger partial charge in [0.2, 0.25) is 12.3 Å². The van der Waals surface area contributed by atoms with E-state index in [1.54, 1.807) is 17.2 Å². The van der Waals surface area contributed by atoms with Crippen LogP contribution >= 0.6 is 0 Å². The van der Waals surface area contributed by atoms with Crippen LogP contribution in [-0.4, -0.2) is 34.6 Å². The van der Waals surface area contributed by atoms with Gasteiger partial charge in [0.25, 0.3) is 5.56 Å². The van der Waals surface area contributed by atoms with Crippen LogP contribution in [0.4, 0.5) is 5.95 Å². The van der Waals surface area contributed by atoms with Gasteiger partial charge in [-0.1, -0.05) is 4.98 Å². The molecule has 0 fully saturated rings. The molecular weight excluding hydrogens is 262 g/mol. The van der Waals surface area contributed by atoms with Gasteiger partial charge in [0.15, 0.2) is 23.0 Å². The van der Waals surface area contributed by atoms with Gasteiger partial charge in [-0.15, -0.1) is 4.68 Å². The summed E-state index contributed by atoms with van der Waals surface area (Å²) >= 11 is 0. The Morgan fingerprint density at radius 2 is 2.25 bits per heavy atom. The van der Waals surface area contributed by atoms with Crippen LogP contribution < -0.4 is 16.0 Å². The maximum absolute atomic E-state index is 12.0. The number of nitrogen functional groups attached to an aromatic ring is 1. The molecule has 0 aromatic carbocycles. The number of aromatic nitrogens is 8. The van der Waals surface area contributed by atoms with E-state index < -0.39 is 0 Å². The predicted octanol–water partition coefficient (Wildman–Crippen LogP) is -1.43. The Morgan fingerprint density at radius 3 is 3.15 bits per heavy atom. The number of H-pyrrole nitrogens is 2. The Labute approximate surface area is 109 Å². The fourth-order valence-electron chi connectivity index (χ4n) is 2.06. The lowest BCUT2D eigenvalue weighted by atomic mass is 10.5. The van der Waals surface area contributed by atoms with Crippen molar-refractivity contribution < 1.29 is 4.68 Å². The average Bonchev–Trinajstić information content (AvgIpc) is 3.01. The van der Waals surface area contributed by atoms with Crippen molar-refractivity contribution in [2.75, 3.05) is 5.73 Å². The van der Waals surface area contributed by atoms with Gasteiger partial charge < -0.3 is 5.73 Å². The number of nitrogens with one attached hydrogen (secondary N) is 2. The van der Waals surface area contributed by atoms with Gasteiger partial charge in [-0.2, -0.15) is 9.66 Å². The molecule has 0 unspecified atom stereocenters. The third-order valence-corrected chi connectivity index (χ3v) is 2.90. The highest BCUT2D eigenvalue weighted by Gasteiger charge is 2.17. The third kappa shape index (κ3) is 1.32. The Hall–Kier alpha value is -3.30. The number of rotatable bonds is 1. The topological polar surface area (TPSA) is 135 Å². The summed E-state index contributed by atoms with van der Waals surface area (Å²) in [6, 6.07) is 0. The molecule has 0 spiro atoms. The molecule has 0 radical (unpaired) electrons. The van der Waals surface area contributed by atoms with Crippen LogP contribution in [-0.2, 0) is 0 Å². The van der Waals surface area contributed by atoms with Gasteiger partial charge in [-0.25, -0.2) is 9.97 Å². The molecule has 4 aromatic rings. The van der Waals surface area contributed by atoms with Crippen LogP contribution in [0.3, 0.4) is 0 Å². The van der Waals surface area contributed by atoms with Crippen molar-refractivity contribution in [3.8, 4) is 0 Å². The maximum atomic E-state index is 12.0. The van der Waals surface area contributed by atoms with Crippen molar-refractivity contribution >= 4 is 28.3 Å². The molecule has 4 N–H and O–H groups in total. The molecule has 4 heterocycles. The smallest absolute Gasteiger partial charge is 0.327 e. The van der Waals surface area contributed by atoms with Crippen molar-refractivity contribution in [2.45, 2.75) is 0 Å². The van der Waals surface area contributed by atoms with Crippen LogP contribution in [0.25, 0.3) is 22.3 Å². The minimum absolute atomic E-state index is 0.0269. The molecule has 0 saturated carbocycles. The first-order valence-electron chi connectivity index (χ1n) is 5.66. The van der Waals surface area contributed by atoms with Crippen molar-refractivity contribution in [3.05, 3.63) is 35.5 Å². The van der Waals surface area contributed by atoms with E-state index in [4.69, 9.17) is 5.73 Å². The van der Waals surface area contributed by atoms with Crippen molar-refractivity contribution in [1.29, 1.82) is 0 Å². The zero-order valence-corrected chi connectivity index (χ0v) is 9.98. The number of nitrogens with zero attached hydrogens (tertiary/aromatic N) is 6. The molecule has 0 aliphatic carbocycles. The van der Waals surface area contributed by atoms with Crippen molar-refractivity contribution in [2.24, 2.45) is 0 Å². The second kappa shape index (κ2) is 3.60. The molecule has 0 aliphatic rings. The summed E-state index contributed by atoms with van der Waals surface area (Å²) in [7, 11) is 0. The Balaban J connectivity index is 2.11. The van der Waals surface area contributed by atoms with E-state index in [0.717, 1.165) is 5.52 Å². The SMILES string of the molecule is Nc1nc2ncn(-[n+]3c[nH]c4cncnc43)c2c(=O)[nH]1. The third-order valence-electron chi connectivity index (χ3n) is 2.90. The lowest BCUT2D eigenvalue weighted by molar-refractivity contribution is -0.701. The first-order valence-corrected chi connectivity index (χ1v) is 5.66. The Bertz CT molecular complexity index is 995. The summed E-state index contributed by atoms with van der Waals surface area (Å²) in [5.41, 5.74) is 7.00. The lowest BCUT2D eigenvalue weighted by Gasteiger charge is -1.98. The van der Waals surface area contributed by atoms with Crippen LogP contribution in [0.5, 0.6) is 0 Å². The Kier molecular flexibility index (Phi) is 1.91. The van der Waals surface area contributed by atoms with Crippen molar-refractivity contribution in [3.63, 3.8) is 0 Å². The zero-order valence-electron chi connectivity index (χ0n) is 9.98. The summed E-state index contributed by atoms with van der Waals surface area (Å²) in [4.78, 5) is 33.6. The molecule has 0 atom stereocenters. The fourth-order valence-corrected chi connectivity index (χ4v) is 2.06. The summed E-state index contributed by atoms with van der Waals surface area (Å²) in [6.45, 7) is 0. The van der Waals surface area contributed by atoms with E-state index in [0.29, 0.717) is 5.65 Å². The molecular formula is C10H8N9O+. The number of nitrogens with two attached hydrogens (primary N) is 1. The first-order chi connectivity index (χ1) is 9.74. The van der Waals surface area contributed by atoms with Crippen LogP contribution in [0.15, 0.2) is 30.0 Å². The van der Waals surface area contributed by atoms with Crippen LogP contribution in [0.2, 0.25) is 0 Å². The van der Waals surface area contributed by atoms with Gasteiger partial charge in [0, 0.05) is 0 Å². The maximum Gasteiger partial charge on any atom is 0.327 e. The number of anilines is 1. The molecule has 0 bridgehead atoms. The molecule has 20 heavy (non-hydrogen) atoms. The summed E-state index contributed by atoms with van der Waals surface area (Å²) in [5.74, 6) is 0.0269. The number of aromatic amines is 2. The van der Waals surface area contributed by atoms with Gasteiger partial charge in [-0.05, 0) is 0 Å². The van der Waals surface area contributed by atoms with Crippen LogP contribution in [0.1, 0.15) is 0 Å². The highest BCUT2D eigenvalue weighted by molar-refractivity contribution is 5.70. The molecule has 0 aliphatic heterocycles. The minimum Gasteiger partial charge on any atom is -0.369 e. The van der Waals surface area contributed by atoms with E-state index in [1.165, 1.54) is 17.3 Å². The molecule has 10 nitrogen and oxygen atoms in total. The molecule has 4 aromatic heterocycles. The van der Waals surface area contributed by atoms with E-state index in [-0.39, 0.29) is 22.7 Å². The molecule has 0 amide bonds. The molecule has 10 heteroatoms. The van der Waals surface area contributed by atoms with Crippen molar-refractivity contribution in [1.82, 2.24) is 34.6 Å². The number of hydrogen-bond acceptors (Lipinski definition) is 6. The van der Waals surface area contributed by atoms with Gasteiger partial charge in [0.1, 0.15) is 6.33 Å². The first kappa shape index (κ1) is 10.6. The number of imidazole rings is 2. The van der Waals surface area contributed by atoms with E-state index >= 15 is 0 Å². The summed E-state index contributed by atoms with van der Waals surface area (Å²) in [6.07, 6.45) is 6.18. The van der Waals surface area contributed by atoms with E-state index in [9.17, 15) is 4.79 Å². The standard InChI is InChI=1S/C10H7N9O/c11-10-16-7-6(9(20)17-10)18(4-15-7)19-3-14-5-1-12-2-13-8(5)19/h1-4H,(H3,11,16,17,20)/p+1. The molecule has 4 rings (SSSR count). The quantitative estimate of drug-likeness (QED) is 0.363. The Morgan fingerprint density at radius 1 is 1.35 bits per heavy atom. The number of fused-ring (bicyclic) bond motifs is 2. The normalized spacial score (nSPS) is 11.4. The highest BCUT2D eigenvalue weighted by Crippen LogP contribution is 2.06. The molecule has 98 valence electrons. The summed E-state index contributed by atoms with van der Waals surface area (Å²) < 4.78 is 3.17. The van der Waals surface area contributed by atoms with Gasteiger partial charge in [-0.3, -0.25) is 14.8 Å². The van der Waals surface area contributed by atoms with Gasteiger partial charge in [0.05, 0.1) is 6.20 Å². The highest BCUT2D eigenvalue weighted by atomic mass is 16.1. The van der Waals surface area contributed by atoms with E-state index in [1.807, 2.05) is 0 Å². The zero-order chi connectivity index (χ0) is 13.7. The van der Waals surface area contributed by atoms with E-state index in [2.05, 4.69) is 29.9 Å². The van der Waals surface area contributed by atoms with Crippen LogP contribution in [0, 0.1) is 0 Å². The lowest BCUT2D eigenvalue weighted by Crippen LogP contribution is -2.41. The largest absolute Gasteiger partial charge is 0.369 e. The minimum atomic E-state index is -0.374. The predicted molar refractivity (Wildman–Crippen MR) is 67.4 cm³/mol. The monoisotopic (exact) mass is 270 g/mol. The number of hydrogen-bond donors (Lipinski definition) is 3. The second-order valence-corrected chi connectivity index (χ2v) is 4.09. The average molecular weight is 270 g/mol. The fraction of sp³-hybridized carbons (Fsp3) is 0.